The number of halogens is 1. The lowest BCUT2D eigenvalue weighted by molar-refractivity contribution is 1.15. The van der Waals surface area contributed by atoms with Crippen LogP contribution in [0.15, 0.2) is 42.5 Å². The molecule has 0 saturated heterocycles. The lowest BCUT2D eigenvalue weighted by Crippen LogP contribution is -2.00. The Bertz CT molecular complexity index is 602. The lowest BCUT2D eigenvalue weighted by Gasteiger charge is -2.08. The normalized spacial score (nSPS) is 9.78. The SMILES string of the molecule is N#Cc1ccc(NCc2cccc(Cl)c2)cc1N. The Morgan fingerprint density at radius 2 is 2.06 bits per heavy atom. The molecule has 18 heavy (non-hydrogen) atoms. The molecule has 0 amide bonds. The molecule has 0 saturated carbocycles. The Morgan fingerprint density at radius 1 is 1.22 bits per heavy atom. The molecule has 0 fully saturated rings. The van der Waals surface area contributed by atoms with Gasteiger partial charge in [0.05, 0.1) is 11.3 Å². The van der Waals surface area contributed by atoms with Crippen molar-refractivity contribution in [1.82, 2.24) is 0 Å². The van der Waals surface area contributed by atoms with E-state index in [0.717, 1.165) is 11.3 Å². The molecule has 2 aromatic rings. The summed E-state index contributed by atoms with van der Waals surface area (Å²) in [7, 11) is 0. The maximum Gasteiger partial charge on any atom is 0.101 e. The summed E-state index contributed by atoms with van der Waals surface area (Å²) in [5.74, 6) is 0. The maximum atomic E-state index is 8.78. The predicted molar refractivity (Wildman–Crippen MR) is 74.3 cm³/mol. The van der Waals surface area contributed by atoms with Crippen LogP contribution in [0, 0.1) is 11.3 Å². The minimum absolute atomic E-state index is 0.480. The first-order chi connectivity index (χ1) is 8.69. The Morgan fingerprint density at radius 3 is 2.72 bits per heavy atom. The highest BCUT2D eigenvalue weighted by atomic mass is 35.5. The van der Waals surface area contributed by atoms with Gasteiger partial charge in [0.1, 0.15) is 6.07 Å². The van der Waals surface area contributed by atoms with E-state index in [1.165, 1.54) is 0 Å². The zero-order valence-electron chi connectivity index (χ0n) is 9.65. The summed E-state index contributed by atoms with van der Waals surface area (Å²) in [5, 5.41) is 12.7. The maximum absolute atomic E-state index is 8.78. The van der Waals surface area contributed by atoms with Crippen LogP contribution >= 0.6 is 11.6 Å². The van der Waals surface area contributed by atoms with Crippen LogP contribution in [0.3, 0.4) is 0 Å². The van der Waals surface area contributed by atoms with Crippen molar-refractivity contribution in [1.29, 1.82) is 5.26 Å². The van der Waals surface area contributed by atoms with E-state index in [4.69, 9.17) is 22.6 Å². The number of hydrogen-bond acceptors (Lipinski definition) is 3. The molecule has 4 heteroatoms. The molecule has 0 unspecified atom stereocenters. The van der Waals surface area contributed by atoms with Crippen LogP contribution in [-0.4, -0.2) is 0 Å². The quantitative estimate of drug-likeness (QED) is 0.829. The Balaban J connectivity index is 2.07. The number of nitrogens with zero attached hydrogens (tertiary/aromatic N) is 1. The van der Waals surface area contributed by atoms with Crippen LogP contribution in [0.1, 0.15) is 11.1 Å². The van der Waals surface area contributed by atoms with E-state index < -0.39 is 0 Å². The molecule has 0 heterocycles. The minimum atomic E-state index is 0.480. The third kappa shape index (κ3) is 2.93. The molecule has 0 radical (unpaired) electrons. The van der Waals surface area contributed by atoms with Crippen molar-refractivity contribution in [3.8, 4) is 6.07 Å². The fourth-order valence-electron chi connectivity index (χ4n) is 1.63. The van der Waals surface area contributed by atoms with Gasteiger partial charge in [-0.15, -0.1) is 0 Å². The first-order valence-electron chi connectivity index (χ1n) is 5.47. The van der Waals surface area contributed by atoms with E-state index in [-0.39, 0.29) is 0 Å². The second-order valence-electron chi connectivity index (χ2n) is 3.90. The Hall–Kier alpha value is -2.18. The molecule has 0 bridgehead atoms. The summed E-state index contributed by atoms with van der Waals surface area (Å²) >= 11 is 5.91. The van der Waals surface area contributed by atoms with Gasteiger partial charge >= 0.3 is 0 Å². The monoisotopic (exact) mass is 257 g/mol. The summed E-state index contributed by atoms with van der Waals surface area (Å²) in [6.45, 7) is 0.659. The smallest absolute Gasteiger partial charge is 0.101 e. The van der Waals surface area contributed by atoms with Gasteiger partial charge in [-0.2, -0.15) is 5.26 Å². The van der Waals surface area contributed by atoms with E-state index in [1.807, 2.05) is 36.4 Å². The van der Waals surface area contributed by atoms with Crippen molar-refractivity contribution in [3.05, 3.63) is 58.6 Å². The van der Waals surface area contributed by atoms with Gasteiger partial charge in [0.15, 0.2) is 0 Å². The summed E-state index contributed by atoms with van der Waals surface area (Å²) in [6, 6.07) is 15.0. The van der Waals surface area contributed by atoms with Crippen molar-refractivity contribution in [2.24, 2.45) is 0 Å². The van der Waals surface area contributed by atoms with Gasteiger partial charge in [-0.3, -0.25) is 0 Å². The lowest BCUT2D eigenvalue weighted by atomic mass is 10.1. The fourth-order valence-corrected chi connectivity index (χ4v) is 1.84. The zero-order chi connectivity index (χ0) is 13.0. The molecule has 3 N–H and O–H groups in total. The molecule has 2 aromatic carbocycles. The second-order valence-corrected chi connectivity index (χ2v) is 4.33. The van der Waals surface area contributed by atoms with Gasteiger partial charge in [0.25, 0.3) is 0 Å². The van der Waals surface area contributed by atoms with Gasteiger partial charge in [-0.1, -0.05) is 23.7 Å². The van der Waals surface area contributed by atoms with E-state index in [1.54, 1.807) is 12.1 Å². The highest BCUT2D eigenvalue weighted by Gasteiger charge is 2.00. The molecule has 0 aliphatic rings. The number of benzene rings is 2. The topological polar surface area (TPSA) is 61.8 Å². The van der Waals surface area contributed by atoms with E-state index in [2.05, 4.69) is 5.32 Å². The van der Waals surface area contributed by atoms with Crippen molar-refractivity contribution in [3.63, 3.8) is 0 Å². The average molecular weight is 258 g/mol. The van der Waals surface area contributed by atoms with Crippen molar-refractivity contribution in [2.75, 3.05) is 11.1 Å². The standard InChI is InChI=1S/C14H12ClN3/c15-12-3-1-2-10(6-12)9-18-13-5-4-11(8-16)14(17)7-13/h1-7,18H,9,17H2. The number of nitrogen functional groups attached to an aromatic ring is 1. The molecular formula is C14H12ClN3. The number of hydrogen-bond donors (Lipinski definition) is 2. The van der Waals surface area contributed by atoms with Gasteiger partial charge in [0.2, 0.25) is 0 Å². The fraction of sp³-hybridized carbons (Fsp3) is 0.0714. The van der Waals surface area contributed by atoms with Gasteiger partial charge < -0.3 is 11.1 Å². The number of nitrogens with one attached hydrogen (secondary N) is 1. The van der Waals surface area contributed by atoms with Gasteiger partial charge in [0, 0.05) is 17.3 Å². The molecule has 0 aliphatic carbocycles. The van der Waals surface area contributed by atoms with Crippen LogP contribution in [-0.2, 0) is 6.54 Å². The summed E-state index contributed by atoms with van der Waals surface area (Å²) < 4.78 is 0. The molecule has 0 aliphatic heterocycles. The van der Waals surface area contributed by atoms with Crippen molar-refractivity contribution in [2.45, 2.75) is 6.54 Å². The zero-order valence-corrected chi connectivity index (χ0v) is 10.4. The highest BCUT2D eigenvalue weighted by molar-refractivity contribution is 6.30. The van der Waals surface area contributed by atoms with Crippen molar-refractivity contribution < 1.29 is 0 Å². The molecule has 90 valence electrons. The van der Waals surface area contributed by atoms with Crippen LogP contribution in [0.2, 0.25) is 5.02 Å². The largest absolute Gasteiger partial charge is 0.398 e. The number of rotatable bonds is 3. The predicted octanol–water partition coefficient (Wildman–Crippen LogP) is 3.41. The van der Waals surface area contributed by atoms with E-state index in [0.29, 0.717) is 22.8 Å². The summed E-state index contributed by atoms with van der Waals surface area (Å²) in [4.78, 5) is 0. The summed E-state index contributed by atoms with van der Waals surface area (Å²) in [6.07, 6.45) is 0. The van der Waals surface area contributed by atoms with Crippen LogP contribution in [0.25, 0.3) is 0 Å². The first kappa shape index (κ1) is 12.3. The number of nitriles is 1. The average Bonchev–Trinajstić information content (AvgIpc) is 2.37. The highest BCUT2D eigenvalue weighted by Crippen LogP contribution is 2.18. The van der Waals surface area contributed by atoms with E-state index in [9.17, 15) is 0 Å². The molecular weight excluding hydrogens is 246 g/mol. The third-order valence-corrected chi connectivity index (χ3v) is 2.79. The minimum Gasteiger partial charge on any atom is -0.398 e. The Labute approximate surface area is 111 Å². The van der Waals surface area contributed by atoms with Gasteiger partial charge in [-0.25, -0.2) is 0 Å². The first-order valence-corrected chi connectivity index (χ1v) is 5.85. The molecule has 3 nitrogen and oxygen atoms in total. The number of anilines is 2. The number of nitrogens with two attached hydrogens (primary N) is 1. The van der Waals surface area contributed by atoms with Crippen LogP contribution in [0.5, 0.6) is 0 Å². The summed E-state index contributed by atoms with van der Waals surface area (Å²) in [5.41, 5.74) is 8.68. The second kappa shape index (κ2) is 5.44. The molecule has 2 rings (SSSR count). The van der Waals surface area contributed by atoms with Gasteiger partial charge in [-0.05, 0) is 35.9 Å². The molecule has 0 aromatic heterocycles. The molecule has 0 atom stereocenters. The van der Waals surface area contributed by atoms with Crippen molar-refractivity contribution >= 4 is 23.0 Å². The van der Waals surface area contributed by atoms with Crippen LogP contribution in [0.4, 0.5) is 11.4 Å². The van der Waals surface area contributed by atoms with Crippen LogP contribution < -0.4 is 11.1 Å². The Kier molecular flexibility index (Phi) is 3.71. The third-order valence-electron chi connectivity index (χ3n) is 2.56. The molecule has 0 spiro atoms. The van der Waals surface area contributed by atoms with E-state index >= 15 is 0 Å².